The monoisotopic (exact) mass is 297 g/mol. The van der Waals surface area contributed by atoms with Crippen molar-refractivity contribution >= 4 is 15.9 Å². The highest BCUT2D eigenvalue weighted by molar-refractivity contribution is 7.89. The van der Waals surface area contributed by atoms with Gasteiger partial charge in [-0.2, -0.15) is 0 Å². The number of nitrogens with zero attached hydrogens (tertiary/aromatic N) is 3. The lowest BCUT2D eigenvalue weighted by Gasteiger charge is -2.21. The summed E-state index contributed by atoms with van der Waals surface area (Å²) in [5, 5.41) is 0. The minimum Gasteiger partial charge on any atom is -0.337 e. The highest BCUT2D eigenvalue weighted by Gasteiger charge is 2.25. The van der Waals surface area contributed by atoms with Crippen LogP contribution in [-0.4, -0.2) is 60.4 Å². The largest absolute Gasteiger partial charge is 0.337 e. The molecule has 110 valence electrons. The molecule has 7 heteroatoms. The number of pyridine rings is 1. The average Bonchev–Trinajstić information content (AvgIpc) is 2.74. The maximum absolute atomic E-state index is 12.3. The van der Waals surface area contributed by atoms with Gasteiger partial charge in [0.25, 0.3) is 5.91 Å². The fourth-order valence-corrected chi connectivity index (χ4v) is 3.37. The van der Waals surface area contributed by atoms with Crippen molar-refractivity contribution in [1.82, 2.24) is 14.2 Å². The van der Waals surface area contributed by atoms with E-state index in [9.17, 15) is 13.2 Å². The zero-order valence-corrected chi connectivity index (χ0v) is 12.3. The first-order valence-electron chi connectivity index (χ1n) is 6.71. The predicted octanol–water partition coefficient (Wildman–Crippen LogP) is 0.579. The number of sulfonamides is 1. The van der Waals surface area contributed by atoms with Crippen molar-refractivity contribution in [3.05, 3.63) is 30.1 Å². The zero-order valence-electron chi connectivity index (χ0n) is 11.5. The summed E-state index contributed by atoms with van der Waals surface area (Å²) in [5.41, 5.74) is 0.590. The Labute approximate surface area is 119 Å². The Morgan fingerprint density at radius 1 is 1.20 bits per heavy atom. The van der Waals surface area contributed by atoms with Gasteiger partial charge in [-0.15, -0.1) is 0 Å². The molecule has 0 aliphatic carbocycles. The van der Waals surface area contributed by atoms with Gasteiger partial charge in [0, 0.05) is 44.1 Å². The second-order valence-corrected chi connectivity index (χ2v) is 6.94. The molecule has 20 heavy (non-hydrogen) atoms. The molecule has 1 aliphatic rings. The van der Waals surface area contributed by atoms with Crippen molar-refractivity contribution < 1.29 is 13.2 Å². The third-order valence-corrected chi connectivity index (χ3v) is 5.31. The molecular formula is C13H19N3O3S. The molecule has 0 bridgehead atoms. The van der Waals surface area contributed by atoms with E-state index < -0.39 is 10.0 Å². The Balaban J connectivity index is 2.05. The van der Waals surface area contributed by atoms with Crippen LogP contribution in [0.5, 0.6) is 0 Å². The SMILES string of the molecule is CCS(=O)(=O)N1CCCN(C(=O)c2ccncc2)CC1. The quantitative estimate of drug-likeness (QED) is 0.818. The van der Waals surface area contributed by atoms with E-state index in [1.165, 1.54) is 4.31 Å². The van der Waals surface area contributed by atoms with Gasteiger partial charge in [-0.25, -0.2) is 12.7 Å². The molecule has 6 nitrogen and oxygen atoms in total. The predicted molar refractivity (Wildman–Crippen MR) is 75.8 cm³/mol. The van der Waals surface area contributed by atoms with Gasteiger partial charge in [0.2, 0.25) is 10.0 Å². The van der Waals surface area contributed by atoms with E-state index in [1.807, 2.05) is 0 Å². The molecule has 0 radical (unpaired) electrons. The lowest BCUT2D eigenvalue weighted by Crippen LogP contribution is -2.37. The average molecular weight is 297 g/mol. The van der Waals surface area contributed by atoms with Crippen LogP contribution in [0.15, 0.2) is 24.5 Å². The summed E-state index contributed by atoms with van der Waals surface area (Å²) in [5.74, 6) is 0.0360. The molecule has 2 rings (SSSR count). The molecule has 1 aliphatic heterocycles. The van der Waals surface area contributed by atoms with E-state index >= 15 is 0 Å². The lowest BCUT2D eigenvalue weighted by atomic mass is 10.2. The third-order valence-electron chi connectivity index (χ3n) is 3.43. The topological polar surface area (TPSA) is 70.6 Å². The van der Waals surface area contributed by atoms with E-state index in [0.29, 0.717) is 38.2 Å². The number of carbonyl (C=O) groups excluding carboxylic acids is 1. The molecule has 1 fully saturated rings. The second-order valence-electron chi connectivity index (χ2n) is 4.68. The number of hydrogen-bond donors (Lipinski definition) is 0. The van der Waals surface area contributed by atoms with E-state index in [1.54, 1.807) is 36.4 Å². The smallest absolute Gasteiger partial charge is 0.254 e. The normalized spacial score (nSPS) is 17.8. The maximum Gasteiger partial charge on any atom is 0.254 e. The molecule has 0 spiro atoms. The van der Waals surface area contributed by atoms with E-state index in [0.717, 1.165) is 0 Å². The first-order chi connectivity index (χ1) is 9.54. The molecule has 0 saturated carbocycles. The Hall–Kier alpha value is -1.47. The summed E-state index contributed by atoms with van der Waals surface area (Å²) in [7, 11) is -3.17. The van der Waals surface area contributed by atoms with Gasteiger partial charge >= 0.3 is 0 Å². The molecule has 0 unspecified atom stereocenters. The number of amides is 1. The fraction of sp³-hybridized carbons (Fsp3) is 0.538. The Kier molecular flexibility index (Phi) is 4.72. The van der Waals surface area contributed by atoms with Crippen molar-refractivity contribution in [2.24, 2.45) is 0 Å². The summed E-state index contributed by atoms with van der Waals surface area (Å²) in [6.45, 7) is 3.50. The van der Waals surface area contributed by atoms with E-state index in [2.05, 4.69) is 4.98 Å². The molecular weight excluding hydrogens is 278 g/mol. The summed E-state index contributed by atoms with van der Waals surface area (Å²) in [4.78, 5) is 17.9. The second kappa shape index (κ2) is 6.32. The summed E-state index contributed by atoms with van der Waals surface area (Å²) in [6, 6.07) is 3.35. The van der Waals surface area contributed by atoms with Crippen LogP contribution < -0.4 is 0 Å². The molecule has 1 aromatic heterocycles. The number of hydrogen-bond acceptors (Lipinski definition) is 4. The molecule has 0 N–H and O–H groups in total. The lowest BCUT2D eigenvalue weighted by molar-refractivity contribution is 0.0764. The van der Waals surface area contributed by atoms with Crippen LogP contribution in [0.25, 0.3) is 0 Å². The standard InChI is InChI=1S/C13H19N3O3S/c1-2-20(18,19)16-9-3-8-15(10-11-16)13(17)12-4-6-14-7-5-12/h4-7H,2-3,8-11H2,1H3. The summed E-state index contributed by atoms with van der Waals surface area (Å²) < 4.78 is 25.2. The minimum atomic E-state index is -3.17. The van der Waals surface area contributed by atoms with Gasteiger partial charge in [-0.1, -0.05) is 0 Å². The minimum absolute atomic E-state index is 0.0665. The van der Waals surface area contributed by atoms with Gasteiger partial charge in [0.15, 0.2) is 0 Å². The summed E-state index contributed by atoms with van der Waals surface area (Å²) >= 11 is 0. The van der Waals surface area contributed by atoms with Crippen LogP contribution in [0.2, 0.25) is 0 Å². The molecule has 1 amide bonds. The third kappa shape index (κ3) is 3.34. The Bertz CT molecular complexity index is 559. The highest BCUT2D eigenvalue weighted by atomic mass is 32.2. The van der Waals surface area contributed by atoms with Crippen molar-refractivity contribution in [3.8, 4) is 0 Å². The van der Waals surface area contributed by atoms with E-state index in [-0.39, 0.29) is 11.7 Å². The number of carbonyl (C=O) groups is 1. The molecule has 0 atom stereocenters. The van der Waals surface area contributed by atoms with Gasteiger partial charge in [-0.3, -0.25) is 9.78 Å². The number of aromatic nitrogens is 1. The van der Waals surface area contributed by atoms with Gasteiger partial charge < -0.3 is 4.90 Å². The zero-order chi connectivity index (χ0) is 14.6. The summed E-state index contributed by atoms with van der Waals surface area (Å²) in [6.07, 6.45) is 3.83. The molecule has 1 aromatic rings. The van der Waals surface area contributed by atoms with Crippen molar-refractivity contribution in [3.63, 3.8) is 0 Å². The van der Waals surface area contributed by atoms with Crippen LogP contribution in [0.1, 0.15) is 23.7 Å². The van der Waals surface area contributed by atoms with Crippen LogP contribution >= 0.6 is 0 Å². The van der Waals surface area contributed by atoms with Crippen LogP contribution in [0.3, 0.4) is 0 Å². The number of rotatable bonds is 3. The molecule has 2 heterocycles. The van der Waals surface area contributed by atoms with E-state index in [4.69, 9.17) is 0 Å². The fourth-order valence-electron chi connectivity index (χ4n) is 2.23. The van der Waals surface area contributed by atoms with Gasteiger partial charge in [0.1, 0.15) is 0 Å². The first kappa shape index (κ1) is 14.9. The van der Waals surface area contributed by atoms with Crippen LogP contribution in [-0.2, 0) is 10.0 Å². The Morgan fingerprint density at radius 3 is 2.55 bits per heavy atom. The van der Waals surface area contributed by atoms with Crippen molar-refractivity contribution in [2.45, 2.75) is 13.3 Å². The maximum atomic E-state index is 12.3. The Morgan fingerprint density at radius 2 is 1.90 bits per heavy atom. The van der Waals surface area contributed by atoms with Crippen LogP contribution in [0, 0.1) is 0 Å². The van der Waals surface area contributed by atoms with Crippen molar-refractivity contribution in [1.29, 1.82) is 0 Å². The van der Waals surface area contributed by atoms with Crippen molar-refractivity contribution in [2.75, 3.05) is 31.9 Å². The first-order valence-corrected chi connectivity index (χ1v) is 8.32. The molecule has 1 saturated heterocycles. The molecule has 0 aromatic carbocycles. The highest BCUT2D eigenvalue weighted by Crippen LogP contribution is 2.11. The van der Waals surface area contributed by atoms with Gasteiger partial charge in [-0.05, 0) is 25.5 Å². The van der Waals surface area contributed by atoms with Crippen LogP contribution in [0.4, 0.5) is 0 Å². The van der Waals surface area contributed by atoms with Gasteiger partial charge in [0.05, 0.1) is 5.75 Å².